The molecular weight excluding hydrogens is 202 g/mol. The Morgan fingerprint density at radius 1 is 1.50 bits per heavy atom. The summed E-state index contributed by atoms with van der Waals surface area (Å²) >= 11 is 0. The fourth-order valence-corrected chi connectivity index (χ4v) is 2.41. The third kappa shape index (κ3) is 2.08. The molecule has 1 unspecified atom stereocenters. The van der Waals surface area contributed by atoms with E-state index in [9.17, 15) is 0 Å². The molecule has 16 heavy (non-hydrogen) atoms. The van der Waals surface area contributed by atoms with Crippen LogP contribution in [-0.2, 0) is 24.2 Å². The molecule has 3 heterocycles. The summed E-state index contributed by atoms with van der Waals surface area (Å²) in [6.45, 7) is 3.71. The summed E-state index contributed by atoms with van der Waals surface area (Å²) < 4.78 is 5.42. The molecule has 1 N–H and O–H groups in total. The maximum absolute atomic E-state index is 5.42. The molecule has 4 nitrogen and oxygen atoms in total. The van der Waals surface area contributed by atoms with Gasteiger partial charge in [0, 0.05) is 12.6 Å². The molecular formula is C12H17N3O. The van der Waals surface area contributed by atoms with Gasteiger partial charge in [0.15, 0.2) is 0 Å². The summed E-state index contributed by atoms with van der Waals surface area (Å²) in [4.78, 5) is 9.07. The van der Waals surface area contributed by atoms with E-state index in [-0.39, 0.29) is 0 Å². The van der Waals surface area contributed by atoms with E-state index in [1.807, 2.05) is 6.20 Å². The van der Waals surface area contributed by atoms with E-state index in [1.54, 1.807) is 0 Å². The van der Waals surface area contributed by atoms with Crippen molar-refractivity contribution in [1.29, 1.82) is 0 Å². The van der Waals surface area contributed by atoms with Crippen molar-refractivity contribution in [1.82, 2.24) is 15.3 Å². The predicted octanol–water partition coefficient (Wildman–Crippen LogP) is 0.701. The van der Waals surface area contributed by atoms with Crippen LogP contribution in [0.15, 0.2) is 6.20 Å². The van der Waals surface area contributed by atoms with Gasteiger partial charge in [-0.05, 0) is 37.4 Å². The van der Waals surface area contributed by atoms with Crippen LogP contribution in [0.25, 0.3) is 0 Å². The zero-order valence-electron chi connectivity index (χ0n) is 9.41. The molecule has 1 atom stereocenters. The number of hydrogen-bond donors (Lipinski definition) is 1. The normalized spacial score (nSPS) is 24.4. The summed E-state index contributed by atoms with van der Waals surface area (Å²) in [5, 5.41) is 3.37. The lowest BCUT2D eigenvalue weighted by Crippen LogP contribution is -2.16. The maximum Gasteiger partial charge on any atom is 0.128 e. The number of aromatic nitrogens is 2. The Labute approximate surface area is 95.4 Å². The molecule has 0 radical (unpaired) electrons. The standard InChI is InChI=1S/C12H17N3O/c1-3-13-6-9(1)5-12-14-7-10-2-4-16-8-11(10)15-12/h7,9,13H,1-6,8H2. The van der Waals surface area contributed by atoms with Crippen LogP contribution in [0.5, 0.6) is 0 Å². The molecule has 1 aromatic rings. The van der Waals surface area contributed by atoms with E-state index < -0.39 is 0 Å². The van der Waals surface area contributed by atoms with Gasteiger partial charge in [0.2, 0.25) is 0 Å². The second kappa shape index (κ2) is 4.47. The highest BCUT2D eigenvalue weighted by atomic mass is 16.5. The van der Waals surface area contributed by atoms with E-state index in [0.29, 0.717) is 12.5 Å². The number of ether oxygens (including phenoxy) is 1. The van der Waals surface area contributed by atoms with Crippen molar-refractivity contribution in [2.45, 2.75) is 25.9 Å². The van der Waals surface area contributed by atoms with Crippen molar-refractivity contribution >= 4 is 0 Å². The Hall–Kier alpha value is -1.00. The van der Waals surface area contributed by atoms with Crippen molar-refractivity contribution in [3.8, 4) is 0 Å². The Balaban J connectivity index is 1.74. The van der Waals surface area contributed by atoms with E-state index >= 15 is 0 Å². The van der Waals surface area contributed by atoms with Crippen molar-refractivity contribution < 1.29 is 4.74 Å². The number of rotatable bonds is 2. The molecule has 1 saturated heterocycles. The zero-order chi connectivity index (χ0) is 10.8. The largest absolute Gasteiger partial charge is 0.375 e. The third-order valence-corrected chi connectivity index (χ3v) is 3.39. The molecule has 4 heteroatoms. The van der Waals surface area contributed by atoms with Gasteiger partial charge < -0.3 is 10.1 Å². The molecule has 2 aliphatic heterocycles. The van der Waals surface area contributed by atoms with Gasteiger partial charge in [0.1, 0.15) is 5.82 Å². The van der Waals surface area contributed by atoms with Crippen LogP contribution in [-0.4, -0.2) is 29.7 Å². The third-order valence-electron chi connectivity index (χ3n) is 3.39. The fraction of sp³-hybridized carbons (Fsp3) is 0.667. The highest BCUT2D eigenvalue weighted by Crippen LogP contribution is 2.16. The molecule has 3 rings (SSSR count). The molecule has 0 bridgehead atoms. The quantitative estimate of drug-likeness (QED) is 0.795. The zero-order valence-corrected chi connectivity index (χ0v) is 9.41. The van der Waals surface area contributed by atoms with Gasteiger partial charge in [0.25, 0.3) is 0 Å². The molecule has 1 fully saturated rings. The van der Waals surface area contributed by atoms with Crippen molar-refractivity contribution in [2.75, 3.05) is 19.7 Å². The SMILES string of the molecule is c1nc(CC2CCNC2)nc2c1CCOC2. The van der Waals surface area contributed by atoms with Gasteiger partial charge >= 0.3 is 0 Å². The minimum atomic E-state index is 0.660. The van der Waals surface area contributed by atoms with Crippen LogP contribution >= 0.6 is 0 Å². The molecule has 0 spiro atoms. The Bertz CT molecular complexity index is 375. The smallest absolute Gasteiger partial charge is 0.128 e. The molecule has 86 valence electrons. The Morgan fingerprint density at radius 2 is 2.50 bits per heavy atom. The first kappa shape index (κ1) is 10.2. The fourth-order valence-electron chi connectivity index (χ4n) is 2.41. The summed E-state index contributed by atoms with van der Waals surface area (Å²) in [5.74, 6) is 1.69. The van der Waals surface area contributed by atoms with Crippen molar-refractivity contribution in [3.63, 3.8) is 0 Å². The van der Waals surface area contributed by atoms with Gasteiger partial charge in [-0.3, -0.25) is 0 Å². The number of nitrogens with zero attached hydrogens (tertiary/aromatic N) is 2. The lowest BCUT2D eigenvalue weighted by Gasteiger charge is -2.16. The lowest BCUT2D eigenvalue weighted by atomic mass is 10.0. The van der Waals surface area contributed by atoms with E-state index in [4.69, 9.17) is 4.74 Å². The molecule has 0 aliphatic carbocycles. The van der Waals surface area contributed by atoms with Crippen LogP contribution in [0.3, 0.4) is 0 Å². The van der Waals surface area contributed by atoms with E-state index in [1.165, 1.54) is 12.0 Å². The van der Waals surface area contributed by atoms with Gasteiger partial charge in [-0.1, -0.05) is 0 Å². The van der Waals surface area contributed by atoms with Crippen LogP contribution in [0, 0.1) is 5.92 Å². The second-order valence-electron chi connectivity index (χ2n) is 4.62. The van der Waals surface area contributed by atoms with Gasteiger partial charge in [0.05, 0.1) is 18.9 Å². The van der Waals surface area contributed by atoms with Crippen molar-refractivity contribution in [2.24, 2.45) is 5.92 Å². The average molecular weight is 219 g/mol. The first-order valence-corrected chi connectivity index (χ1v) is 6.04. The Kier molecular flexibility index (Phi) is 2.84. The molecule has 2 aliphatic rings. The molecule has 0 amide bonds. The number of fused-ring (bicyclic) bond motifs is 1. The monoisotopic (exact) mass is 219 g/mol. The van der Waals surface area contributed by atoms with Gasteiger partial charge in [-0.25, -0.2) is 9.97 Å². The summed E-state index contributed by atoms with van der Waals surface area (Å²) in [6.07, 6.45) is 5.19. The van der Waals surface area contributed by atoms with Crippen LogP contribution in [0.2, 0.25) is 0 Å². The first-order chi connectivity index (χ1) is 7.92. The summed E-state index contributed by atoms with van der Waals surface area (Å²) in [5.41, 5.74) is 2.36. The first-order valence-electron chi connectivity index (χ1n) is 6.04. The van der Waals surface area contributed by atoms with Gasteiger partial charge in [-0.15, -0.1) is 0 Å². The highest BCUT2D eigenvalue weighted by molar-refractivity contribution is 5.19. The number of hydrogen-bond acceptors (Lipinski definition) is 4. The van der Waals surface area contributed by atoms with Gasteiger partial charge in [-0.2, -0.15) is 0 Å². The minimum Gasteiger partial charge on any atom is -0.375 e. The van der Waals surface area contributed by atoms with E-state index in [2.05, 4.69) is 15.3 Å². The second-order valence-corrected chi connectivity index (χ2v) is 4.62. The summed E-state index contributed by atoms with van der Waals surface area (Å²) in [7, 11) is 0. The molecule has 1 aromatic heterocycles. The van der Waals surface area contributed by atoms with Crippen molar-refractivity contribution in [3.05, 3.63) is 23.3 Å². The maximum atomic E-state index is 5.42. The van der Waals surface area contributed by atoms with Crippen LogP contribution < -0.4 is 5.32 Å². The highest BCUT2D eigenvalue weighted by Gasteiger charge is 2.18. The summed E-state index contributed by atoms with van der Waals surface area (Å²) in [6, 6.07) is 0. The van der Waals surface area contributed by atoms with Crippen LogP contribution in [0.4, 0.5) is 0 Å². The topological polar surface area (TPSA) is 47.0 Å². The average Bonchev–Trinajstić information content (AvgIpc) is 2.82. The lowest BCUT2D eigenvalue weighted by molar-refractivity contribution is 0.107. The Morgan fingerprint density at radius 3 is 3.38 bits per heavy atom. The van der Waals surface area contributed by atoms with Crippen LogP contribution in [0.1, 0.15) is 23.5 Å². The molecule has 0 aromatic carbocycles. The minimum absolute atomic E-state index is 0.660. The van der Waals surface area contributed by atoms with E-state index in [0.717, 1.165) is 44.1 Å². The predicted molar refractivity (Wildman–Crippen MR) is 60.1 cm³/mol. The number of nitrogens with one attached hydrogen (secondary N) is 1. The molecule has 0 saturated carbocycles.